The fourth-order valence-corrected chi connectivity index (χ4v) is 2.92. The standard InChI is InChI=1S/C22H24N4/c1-16-5-3-7-18(13-16)9-10-21(26-23)20(22-24-11-12-25-22)15-19-8-4-6-17(2)14-19/h3-10,13-15H,11-12,23H2,1-2H3,(H,24,25). The van der Waals surface area contributed by atoms with Gasteiger partial charge in [-0.05, 0) is 37.1 Å². The van der Waals surface area contributed by atoms with E-state index in [9.17, 15) is 0 Å². The van der Waals surface area contributed by atoms with Gasteiger partial charge in [0.2, 0.25) is 0 Å². The molecule has 0 amide bonds. The van der Waals surface area contributed by atoms with Crippen LogP contribution in [-0.2, 0) is 0 Å². The average Bonchev–Trinajstić information content (AvgIpc) is 3.16. The highest BCUT2D eigenvalue weighted by atomic mass is 15.1. The molecule has 26 heavy (non-hydrogen) atoms. The summed E-state index contributed by atoms with van der Waals surface area (Å²) in [7, 11) is 0. The molecular weight excluding hydrogens is 320 g/mol. The smallest absolute Gasteiger partial charge is 0.130 e. The normalized spacial score (nSPS) is 15.2. The van der Waals surface area contributed by atoms with Crippen molar-refractivity contribution in [2.75, 3.05) is 13.1 Å². The van der Waals surface area contributed by atoms with Gasteiger partial charge in [-0.3, -0.25) is 4.99 Å². The number of hydrogen-bond donors (Lipinski definition) is 2. The van der Waals surface area contributed by atoms with Gasteiger partial charge >= 0.3 is 0 Å². The number of nitrogens with one attached hydrogen (secondary N) is 1. The van der Waals surface area contributed by atoms with Gasteiger partial charge in [0.25, 0.3) is 0 Å². The summed E-state index contributed by atoms with van der Waals surface area (Å²) in [5.41, 5.74) is 6.24. The molecule has 132 valence electrons. The van der Waals surface area contributed by atoms with Crippen LogP contribution in [-0.4, -0.2) is 24.6 Å². The molecule has 0 atom stereocenters. The molecule has 0 aromatic heterocycles. The lowest BCUT2D eigenvalue weighted by atomic mass is 10.0. The van der Waals surface area contributed by atoms with E-state index in [1.807, 2.05) is 24.3 Å². The van der Waals surface area contributed by atoms with E-state index in [0.717, 1.165) is 35.6 Å². The van der Waals surface area contributed by atoms with Gasteiger partial charge in [-0.25, -0.2) is 0 Å². The van der Waals surface area contributed by atoms with E-state index < -0.39 is 0 Å². The fraction of sp³-hybridized carbons (Fsp3) is 0.182. The van der Waals surface area contributed by atoms with Crippen molar-refractivity contribution in [3.63, 3.8) is 0 Å². The SMILES string of the molecule is Cc1cccc(C=CC(=NN)C(=Cc2cccc(C)c2)C2=NCCN2)c1. The summed E-state index contributed by atoms with van der Waals surface area (Å²) in [6.07, 6.45) is 6.05. The Hall–Kier alpha value is -3.14. The molecule has 2 aromatic carbocycles. The Labute approximate surface area is 154 Å². The summed E-state index contributed by atoms with van der Waals surface area (Å²) >= 11 is 0. The van der Waals surface area contributed by atoms with Gasteiger partial charge in [0.15, 0.2) is 0 Å². The molecule has 0 aliphatic carbocycles. The molecule has 2 aromatic rings. The third-order valence-corrected chi connectivity index (χ3v) is 4.17. The largest absolute Gasteiger partial charge is 0.368 e. The Morgan fingerprint density at radius 3 is 2.38 bits per heavy atom. The predicted octanol–water partition coefficient (Wildman–Crippen LogP) is 3.72. The van der Waals surface area contributed by atoms with Crippen LogP contribution < -0.4 is 11.2 Å². The van der Waals surface area contributed by atoms with E-state index in [2.05, 4.69) is 71.7 Å². The number of aliphatic imine (C=N–C) groups is 1. The zero-order valence-electron chi connectivity index (χ0n) is 15.2. The monoisotopic (exact) mass is 344 g/mol. The zero-order valence-corrected chi connectivity index (χ0v) is 15.2. The van der Waals surface area contributed by atoms with Crippen LogP contribution in [0.5, 0.6) is 0 Å². The average molecular weight is 344 g/mol. The lowest BCUT2D eigenvalue weighted by Crippen LogP contribution is -2.24. The predicted molar refractivity (Wildman–Crippen MR) is 111 cm³/mol. The van der Waals surface area contributed by atoms with E-state index >= 15 is 0 Å². The summed E-state index contributed by atoms with van der Waals surface area (Å²) in [6.45, 7) is 5.76. The fourth-order valence-electron chi connectivity index (χ4n) is 2.92. The maximum absolute atomic E-state index is 5.73. The minimum atomic E-state index is 0.696. The van der Waals surface area contributed by atoms with Crippen LogP contribution in [0, 0.1) is 13.8 Å². The van der Waals surface area contributed by atoms with Crippen molar-refractivity contribution >= 4 is 23.7 Å². The van der Waals surface area contributed by atoms with E-state index in [1.165, 1.54) is 11.1 Å². The molecule has 0 bridgehead atoms. The molecule has 1 aliphatic rings. The van der Waals surface area contributed by atoms with Gasteiger partial charge in [-0.15, -0.1) is 0 Å². The molecule has 0 fully saturated rings. The number of nitrogens with two attached hydrogens (primary N) is 1. The van der Waals surface area contributed by atoms with Crippen LogP contribution in [0.3, 0.4) is 0 Å². The molecule has 0 unspecified atom stereocenters. The minimum Gasteiger partial charge on any atom is -0.368 e. The number of rotatable bonds is 5. The molecule has 0 saturated heterocycles. The van der Waals surface area contributed by atoms with Crippen molar-refractivity contribution in [3.05, 3.63) is 82.4 Å². The van der Waals surface area contributed by atoms with Gasteiger partial charge in [-0.2, -0.15) is 5.10 Å². The number of aryl methyl sites for hydroxylation is 2. The van der Waals surface area contributed by atoms with Crippen LogP contribution in [0.15, 0.2) is 70.3 Å². The Morgan fingerprint density at radius 1 is 1.08 bits per heavy atom. The first-order chi connectivity index (χ1) is 12.7. The van der Waals surface area contributed by atoms with Crippen LogP contribution >= 0.6 is 0 Å². The Balaban J connectivity index is 1.97. The highest BCUT2D eigenvalue weighted by Gasteiger charge is 2.15. The second-order valence-corrected chi connectivity index (χ2v) is 6.39. The Morgan fingerprint density at radius 2 is 1.77 bits per heavy atom. The first kappa shape index (κ1) is 17.7. The maximum Gasteiger partial charge on any atom is 0.130 e. The van der Waals surface area contributed by atoms with Crippen molar-refractivity contribution in [2.45, 2.75) is 13.8 Å². The summed E-state index contributed by atoms with van der Waals surface area (Å²) in [4.78, 5) is 4.56. The second-order valence-electron chi connectivity index (χ2n) is 6.39. The minimum absolute atomic E-state index is 0.696. The Bertz CT molecular complexity index is 904. The van der Waals surface area contributed by atoms with Gasteiger partial charge in [0.1, 0.15) is 5.84 Å². The molecule has 3 N–H and O–H groups in total. The van der Waals surface area contributed by atoms with Crippen molar-refractivity contribution in [1.29, 1.82) is 0 Å². The van der Waals surface area contributed by atoms with E-state index in [1.54, 1.807) is 0 Å². The van der Waals surface area contributed by atoms with Crippen LogP contribution in [0.25, 0.3) is 12.2 Å². The quantitative estimate of drug-likeness (QED) is 0.493. The summed E-state index contributed by atoms with van der Waals surface area (Å²) in [5.74, 6) is 6.57. The van der Waals surface area contributed by atoms with Gasteiger partial charge < -0.3 is 11.2 Å². The molecule has 3 rings (SSSR count). The first-order valence-corrected chi connectivity index (χ1v) is 8.76. The van der Waals surface area contributed by atoms with E-state index in [-0.39, 0.29) is 0 Å². The first-order valence-electron chi connectivity index (χ1n) is 8.76. The van der Waals surface area contributed by atoms with Gasteiger partial charge in [0.05, 0.1) is 12.3 Å². The summed E-state index contributed by atoms with van der Waals surface area (Å²) < 4.78 is 0. The van der Waals surface area contributed by atoms with Crippen molar-refractivity contribution in [3.8, 4) is 0 Å². The molecule has 1 heterocycles. The highest BCUT2D eigenvalue weighted by Crippen LogP contribution is 2.15. The third kappa shape index (κ3) is 4.48. The number of nitrogens with zero attached hydrogens (tertiary/aromatic N) is 2. The molecule has 0 saturated carbocycles. The third-order valence-electron chi connectivity index (χ3n) is 4.17. The van der Waals surface area contributed by atoms with Crippen LogP contribution in [0.1, 0.15) is 22.3 Å². The number of hydrogen-bond acceptors (Lipinski definition) is 4. The number of hydrazone groups is 1. The lowest BCUT2D eigenvalue weighted by Gasteiger charge is -2.09. The number of allylic oxidation sites excluding steroid dienone is 1. The lowest BCUT2D eigenvalue weighted by molar-refractivity contribution is 0.960. The van der Waals surface area contributed by atoms with Gasteiger partial charge in [-0.1, -0.05) is 65.7 Å². The molecule has 4 heteroatoms. The number of amidine groups is 1. The second kappa shape index (κ2) is 8.30. The zero-order chi connectivity index (χ0) is 18.4. The van der Waals surface area contributed by atoms with Crippen molar-refractivity contribution in [1.82, 2.24) is 5.32 Å². The Kier molecular flexibility index (Phi) is 5.64. The molecule has 0 radical (unpaired) electrons. The van der Waals surface area contributed by atoms with E-state index in [0.29, 0.717) is 5.71 Å². The van der Waals surface area contributed by atoms with Gasteiger partial charge in [0, 0.05) is 12.1 Å². The van der Waals surface area contributed by atoms with Crippen LogP contribution in [0.2, 0.25) is 0 Å². The summed E-state index contributed by atoms with van der Waals surface area (Å²) in [6, 6.07) is 16.6. The molecule has 1 aliphatic heterocycles. The molecule has 4 nitrogen and oxygen atoms in total. The topological polar surface area (TPSA) is 62.8 Å². The molecular formula is C22H24N4. The number of benzene rings is 2. The van der Waals surface area contributed by atoms with Crippen LogP contribution in [0.4, 0.5) is 0 Å². The van der Waals surface area contributed by atoms with E-state index in [4.69, 9.17) is 5.84 Å². The highest BCUT2D eigenvalue weighted by molar-refractivity contribution is 6.31. The summed E-state index contributed by atoms with van der Waals surface area (Å²) in [5, 5.41) is 7.35. The maximum atomic E-state index is 5.73. The van der Waals surface area contributed by atoms with Crippen molar-refractivity contribution in [2.24, 2.45) is 15.9 Å². The van der Waals surface area contributed by atoms with Crippen molar-refractivity contribution < 1.29 is 0 Å². The molecule has 0 spiro atoms.